The van der Waals surface area contributed by atoms with Gasteiger partial charge in [-0.1, -0.05) is 18.2 Å². The Kier molecular flexibility index (Phi) is 5.02. The number of nitrogens with one attached hydrogen (secondary N) is 2. The molecule has 1 aliphatic carbocycles. The van der Waals surface area contributed by atoms with Crippen molar-refractivity contribution in [1.29, 1.82) is 0 Å². The Morgan fingerprint density at radius 1 is 1.29 bits per heavy atom. The van der Waals surface area contributed by atoms with Crippen LogP contribution in [0.25, 0.3) is 10.9 Å². The molecule has 1 aromatic carbocycles. The van der Waals surface area contributed by atoms with Gasteiger partial charge < -0.3 is 24.8 Å². The maximum atomic E-state index is 12.6. The molecule has 0 spiro atoms. The summed E-state index contributed by atoms with van der Waals surface area (Å²) in [4.78, 5) is 26.8. The van der Waals surface area contributed by atoms with Crippen molar-refractivity contribution in [2.24, 2.45) is 0 Å². The number of aromatic nitrogens is 1. The summed E-state index contributed by atoms with van der Waals surface area (Å²) in [6, 6.07) is 8.36. The molecular formula is C21H28N4O3. The van der Waals surface area contributed by atoms with E-state index in [1.807, 2.05) is 24.0 Å². The molecule has 2 bridgehead atoms. The summed E-state index contributed by atoms with van der Waals surface area (Å²) >= 11 is 0. The fourth-order valence-corrected chi connectivity index (χ4v) is 4.93. The lowest BCUT2D eigenvalue weighted by atomic mass is 9.76. The molecule has 2 N–H and O–H groups in total. The first kappa shape index (κ1) is 18.8. The lowest BCUT2D eigenvalue weighted by Gasteiger charge is -2.47. The molecule has 0 unspecified atom stereocenters. The Balaban J connectivity index is 1.83. The molecule has 1 aliphatic heterocycles. The van der Waals surface area contributed by atoms with E-state index in [9.17, 15) is 9.59 Å². The quantitative estimate of drug-likeness (QED) is 0.845. The smallest absolute Gasteiger partial charge is 0.317 e. The Morgan fingerprint density at radius 2 is 2.07 bits per heavy atom. The van der Waals surface area contributed by atoms with Crippen LogP contribution in [0, 0.1) is 0 Å². The number of urea groups is 1. The largest absolute Gasteiger partial charge is 0.379 e. The first-order valence-corrected chi connectivity index (χ1v) is 9.96. The molecule has 7 heteroatoms. The summed E-state index contributed by atoms with van der Waals surface area (Å²) in [5.74, 6) is 0.154. The number of ether oxygens (including phenoxy) is 1. The lowest BCUT2D eigenvalue weighted by molar-refractivity contribution is -0.121. The van der Waals surface area contributed by atoms with Crippen LogP contribution in [0.1, 0.15) is 30.5 Å². The van der Waals surface area contributed by atoms with Gasteiger partial charge in [0.15, 0.2) is 0 Å². The van der Waals surface area contributed by atoms with Gasteiger partial charge in [0.25, 0.3) is 0 Å². The van der Waals surface area contributed by atoms with Gasteiger partial charge in [0.2, 0.25) is 5.91 Å². The number of likely N-dealkylation sites (N-methyl/N-ethyl adjacent to an activating group) is 1. The van der Waals surface area contributed by atoms with Crippen LogP contribution in [0.2, 0.25) is 0 Å². The zero-order valence-corrected chi connectivity index (χ0v) is 16.7. The Morgan fingerprint density at radius 3 is 2.79 bits per heavy atom. The molecule has 28 heavy (non-hydrogen) atoms. The number of fused-ring (bicyclic) bond motifs is 6. The molecule has 1 aromatic heterocycles. The highest BCUT2D eigenvalue weighted by Crippen LogP contribution is 2.45. The van der Waals surface area contributed by atoms with E-state index in [-0.39, 0.29) is 30.0 Å². The molecule has 1 saturated heterocycles. The van der Waals surface area contributed by atoms with Crippen molar-refractivity contribution >= 4 is 22.8 Å². The van der Waals surface area contributed by atoms with Crippen molar-refractivity contribution in [2.45, 2.75) is 44.4 Å². The van der Waals surface area contributed by atoms with Crippen molar-refractivity contribution in [3.8, 4) is 0 Å². The Labute approximate surface area is 165 Å². The van der Waals surface area contributed by atoms with E-state index in [1.54, 1.807) is 14.2 Å². The second-order valence-corrected chi connectivity index (χ2v) is 7.60. The topological polar surface area (TPSA) is 75.6 Å². The normalized spacial score (nSPS) is 23.4. The minimum atomic E-state index is -0.0920. The van der Waals surface area contributed by atoms with Crippen LogP contribution in [0.15, 0.2) is 24.3 Å². The molecule has 150 valence electrons. The molecule has 7 nitrogen and oxygen atoms in total. The summed E-state index contributed by atoms with van der Waals surface area (Å²) in [5.41, 5.74) is 3.52. The zero-order chi connectivity index (χ0) is 19.8. The number of carbonyl (C=O) groups is 2. The third-order valence-electron chi connectivity index (χ3n) is 6.18. The van der Waals surface area contributed by atoms with Crippen LogP contribution < -0.4 is 10.6 Å². The fourth-order valence-electron chi connectivity index (χ4n) is 4.93. The van der Waals surface area contributed by atoms with Gasteiger partial charge in [-0.25, -0.2) is 4.79 Å². The van der Waals surface area contributed by atoms with Gasteiger partial charge in [-0.15, -0.1) is 0 Å². The number of para-hydroxylation sites is 1. The van der Waals surface area contributed by atoms with Crippen LogP contribution in [-0.2, 0) is 22.5 Å². The van der Waals surface area contributed by atoms with Crippen LogP contribution in [0.4, 0.5) is 4.79 Å². The summed E-state index contributed by atoms with van der Waals surface area (Å²) in [5, 5.41) is 6.85. The van der Waals surface area contributed by atoms with Crippen molar-refractivity contribution < 1.29 is 14.3 Å². The summed E-state index contributed by atoms with van der Waals surface area (Å²) in [6.07, 6.45) is 1.57. The number of benzene rings is 1. The standard InChI is InChI=1S/C21H28N4O3/c1-4-23-21(27)24-11-18(28-3)16-10-13(24)9-15-14-7-5-6-8-17(14)25(20(15)16)12-19(26)22-2/h5-8,13,16,18H,4,9-12H2,1-3H3,(H,22,26)(H,23,27)/t13-,16+,18-/m0/s1. The maximum absolute atomic E-state index is 12.6. The highest BCUT2D eigenvalue weighted by Gasteiger charge is 2.45. The minimum Gasteiger partial charge on any atom is -0.379 e. The van der Waals surface area contributed by atoms with E-state index in [0.717, 1.165) is 18.4 Å². The highest BCUT2D eigenvalue weighted by molar-refractivity contribution is 5.88. The van der Waals surface area contributed by atoms with Crippen LogP contribution >= 0.6 is 0 Å². The van der Waals surface area contributed by atoms with E-state index < -0.39 is 0 Å². The number of carbonyl (C=O) groups excluding carboxylic acids is 2. The molecule has 0 saturated carbocycles. The second kappa shape index (κ2) is 7.47. The molecule has 2 heterocycles. The number of piperidine rings is 1. The molecule has 3 amide bonds. The molecule has 1 fully saturated rings. The minimum absolute atomic E-state index is 0.0144. The Bertz CT molecular complexity index is 906. The molecule has 2 aliphatic rings. The van der Waals surface area contributed by atoms with Gasteiger partial charge in [0.1, 0.15) is 6.54 Å². The van der Waals surface area contributed by atoms with Gasteiger partial charge in [-0.05, 0) is 31.4 Å². The van der Waals surface area contributed by atoms with Gasteiger partial charge >= 0.3 is 6.03 Å². The zero-order valence-electron chi connectivity index (χ0n) is 16.7. The number of likely N-dealkylation sites (tertiary alicyclic amines) is 1. The first-order chi connectivity index (χ1) is 13.6. The summed E-state index contributed by atoms with van der Waals surface area (Å²) in [6.45, 7) is 3.41. The second-order valence-electron chi connectivity index (χ2n) is 7.60. The number of methoxy groups -OCH3 is 1. The van der Waals surface area contributed by atoms with Crippen LogP contribution in [0.3, 0.4) is 0 Å². The van der Waals surface area contributed by atoms with Crippen molar-refractivity contribution in [3.63, 3.8) is 0 Å². The van der Waals surface area contributed by atoms with Crippen molar-refractivity contribution in [2.75, 3.05) is 27.2 Å². The highest BCUT2D eigenvalue weighted by atomic mass is 16.5. The van der Waals surface area contributed by atoms with Crippen LogP contribution in [-0.4, -0.2) is 60.8 Å². The average molecular weight is 384 g/mol. The van der Waals surface area contributed by atoms with E-state index in [0.29, 0.717) is 19.6 Å². The number of rotatable bonds is 4. The molecular weight excluding hydrogens is 356 g/mol. The predicted octanol–water partition coefficient (Wildman–Crippen LogP) is 1.85. The van der Waals surface area contributed by atoms with E-state index in [1.165, 1.54) is 16.6 Å². The maximum Gasteiger partial charge on any atom is 0.317 e. The molecule has 2 aromatic rings. The third-order valence-corrected chi connectivity index (χ3v) is 6.18. The molecule has 3 atom stereocenters. The lowest BCUT2D eigenvalue weighted by Crippen LogP contribution is -2.57. The monoisotopic (exact) mass is 384 g/mol. The Hall–Kier alpha value is -2.54. The third kappa shape index (κ3) is 2.94. The van der Waals surface area contributed by atoms with E-state index in [4.69, 9.17) is 4.74 Å². The average Bonchev–Trinajstić information content (AvgIpc) is 3.02. The van der Waals surface area contributed by atoms with E-state index >= 15 is 0 Å². The molecule has 4 rings (SSSR count). The summed E-state index contributed by atoms with van der Waals surface area (Å²) < 4.78 is 7.99. The number of amides is 3. The van der Waals surface area contributed by atoms with Gasteiger partial charge in [-0.2, -0.15) is 0 Å². The van der Waals surface area contributed by atoms with Crippen LogP contribution in [0.5, 0.6) is 0 Å². The first-order valence-electron chi connectivity index (χ1n) is 9.96. The SMILES string of the molecule is CCNC(=O)N1C[C@H](OC)[C@H]2C[C@@H]1Cc1c2n(CC(=O)NC)c2ccccc12. The number of nitrogens with zero attached hydrogens (tertiary/aromatic N) is 2. The van der Waals surface area contributed by atoms with Gasteiger partial charge in [0.05, 0.1) is 6.10 Å². The fraction of sp³-hybridized carbons (Fsp3) is 0.524. The predicted molar refractivity (Wildman–Crippen MR) is 107 cm³/mol. The number of hydrogen-bond acceptors (Lipinski definition) is 3. The molecule has 0 radical (unpaired) electrons. The summed E-state index contributed by atoms with van der Waals surface area (Å²) in [7, 11) is 3.38. The van der Waals surface area contributed by atoms with Gasteiger partial charge in [-0.3, -0.25) is 4.79 Å². The van der Waals surface area contributed by atoms with Gasteiger partial charge in [0, 0.05) is 55.8 Å². The number of hydrogen-bond donors (Lipinski definition) is 2. The van der Waals surface area contributed by atoms with E-state index in [2.05, 4.69) is 27.3 Å². The van der Waals surface area contributed by atoms with Crippen molar-refractivity contribution in [1.82, 2.24) is 20.1 Å². The van der Waals surface area contributed by atoms with Crippen molar-refractivity contribution in [3.05, 3.63) is 35.5 Å².